The van der Waals surface area contributed by atoms with Gasteiger partial charge < -0.3 is 4.74 Å². The molecular formula is C16H22NO+. The summed E-state index contributed by atoms with van der Waals surface area (Å²) >= 11 is 0. The molecule has 0 aliphatic carbocycles. The Balaban J connectivity index is 2.68. The fourth-order valence-corrected chi connectivity index (χ4v) is 1.61. The normalized spacial score (nSPS) is 11.8. The van der Waals surface area contributed by atoms with Crippen molar-refractivity contribution in [3.05, 3.63) is 60.5 Å². The van der Waals surface area contributed by atoms with Crippen LogP contribution in [0.4, 0.5) is 0 Å². The maximum absolute atomic E-state index is 5.78. The second kappa shape index (κ2) is 7.49. The second-order valence-corrected chi connectivity index (χ2v) is 4.04. The second-order valence-electron chi connectivity index (χ2n) is 4.04. The summed E-state index contributed by atoms with van der Waals surface area (Å²) in [6.07, 6.45) is 9.78. The van der Waals surface area contributed by atoms with Gasteiger partial charge in [-0.15, -0.1) is 0 Å². The van der Waals surface area contributed by atoms with Crippen molar-refractivity contribution in [2.45, 2.75) is 27.3 Å². The van der Waals surface area contributed by atoms with Crippen LogP contribution in [0.2, 0.25) is 0 Å². The Morgan fingerprint density at radius 3 is 2.83 bits per heavy atom. The topological polar surface area (TPSA) is 13.1 Å². The van der Waals surface area contributed by atoms with E-state index in [0.29, 0.717) is 6.61 Å². The highest BCUT2D eigenvalue weighted by Gasteiger charge is 2.06. The van der Waals surface area contributed by atoms with Crippen LogP contribution in [0.1, 0.15) is 19.5 Å². The lowest BCUT2D eigenvalue weighted by atomic mass is 10.2. The molecule has 2 nitrogen and oxygen atoms in total. The van der Waals surface area contributed by atoms with E-state index in [-0.39, 0.29) is 0 Å². The van der Waals surface area contributed by atoms with Crippen LogP contribution >= 0.6 is 0 Å². The fourth-order valence-electron chi connectivity index (χ4n) is 1.61. The molecule has 1 heterocycles. The molecule has 0 aliphatic rings. The smallest absolute Gasteiger partial charge is 0.211 e. The van der Waals surface area contributed by atoms with Gasteiger partial charge in [0.15, 0.2) is 11.4 Å². The van der Waals surface area contributed by atoms with E-state index in [1.54, 1.807) is 6.08 Å². The lowest BCUT2D eigenvalue weighted by Crippen LogP contribution is -2.35. The minimum atomic E-state index is 0.577. The van der Waals surface area contributed by atoms with Crippen LogP contribution in [0.25, 0.3) is 0 Å². The molecule has 0 saturated carbocycles. The van der Waals surface area contributed by atoms with Gasteiger partial charge in [0.25, 0.3) is 0 Å². The van der Waals surface area contributed by atoms with Crippen molar-refractivity contribution in [1.29, 1.82) is 0 Å². The van der Waals surface area contributed by atoms with Gasteiger partial charge in [-0.2, -0.15) is 4.57 Å². The fraction of sp³-hybridized carbons (Fsp3) is 0.312. The molecule has 1 aromatic rings. The molecule has 0 spiro atoms. The van der Waals surface area contributed by atoms with Gasteiger partial charge in [0.2, 0.25) is 6.20 Å². The molecule has 0 fully saturated rings. The van der Waals surface area contributed by atoms with Crippen molar-refractivity contribution < 1.29 is 9.30 Å². The Kier molecular flexibility index (Phi) is 5.92. The maximum Gasteiger partial charge on any atom is 0.211 e. The van der Waals surface area contributed by atoms with E-state index in [4.69, 9.17) is 4.74 Å². The molecule has 0 N–H and O–H groups in total. The van der Waals surface area contributed by atoms with Gasteiger partial charge >= 0.3 is 0 Å². The first-order valence-corrected chi connectivity index (χ1v) is 6.28. The average molecular weight is 244 g/mol. The van der Waals surface area contributed by atoms with Crippen LogP contribution in [0.5, 0.6) is 5.75 Å². The van der Waals surface area contributed by atoms with E-state index in [2.05, 4.69) is 31.1 Å². The third-order valence-corrected chi connectivity index (χ3v) is 2.79. The molecule has 18 heavy (non-hydrogen) atoms. The quantitative estimate of drug-likeness (QED) is 0.552. The largest absolute Gasteiger partial charge is 0.483 e. The molecule has 1 aromatic heterocycles. The van der Waals surface area contributed by atoms with Crippen molar-refractivity contribution in [2.24, 2.45) is 0 Å². The molecule has 0 aromatic carbocycles. The average Bonchev–Trinajstić information content (AvgIpc) is 2.40. The zero-order chi connectivity index (χ0) is 13.4. The zero-order valence-corrected chi connectivity index (χ0v) is 11.5. The predicted molar refractivity (Wildman–Crippen MR) is 75.6 cm³/mol. The molecule has 0 radical (unpaired) electrons. The Morgan fingerprint density at radius 2 is 2.22 bits per heavy atom. The minimum absolute atomic E-state index is 0.577. The number of aromatic nitrogens is 1. The number of nitrogens with zero attached hydrogens (tertiary/aromatic N) is 1. The van der Waals surface area contributed by atoms with E-state index < -0.39 is 0 Å². The number of ether oxygens (including phenoxy) is 1. The highest BCUT2D eigenvalue weighted by molar-refractivity contribution is 5.23. The summed E-state index contributed by atoms with van der Waals surface area (Å²) in [5, 5.41) is 0. The Bertz CT molecular complexity index is 458. The van der Waals surface area contributed by atoms with Gasteiger partial charge in [-0.1, -0.05) is 30.9 Å². The highest BCUT2D eigenvalue weighted by Crippen LogP contribution is 2.09. The molecule has 1 rings (SSSR count). The number of pyridine rings is 1. The summed E-state index contributed by atoms with van der Waals surface area (Å²) < 4.78 is 7.95. The summed E-state index contributed by atoms with van der Waals surface area (Å²) in [7, 11) is 0. The third kappa shape index (κ3) is 4.21. The van der Waals surface area contributed by atoms with Crippen molar-refractivity contribution in [1.82, 2.24) is 0 Å². The SMILES string of the molecule is C=C/C=C\C(=C/C)COc1ccc(C)[n+](CC)c1. The lowest BCUT2D eigenvalue weighted by Gasteiger charge is -2.06. The Labute approximate surface area is 110 Å². The number of rotatable bonds is 6. The van der Waals surface area contributed by atoms with Crippen molar-refractivity contribution in [2.75, 3.05) is 6.61 Å². The van der Waals surface area contributed by atoms with E-state index in [1.165, 1.54) is 5.69 Å². The van der Waals surface area contributed by atoms with Crippen molar-refractivity contribution in [3.63, 3.8) is 0 Å². The van der Waals surface area contributed by atoms with E-state index in [9.17, 15) is 0 Å². The summed E-state index contributed by atoms with van der Waals surface area (Å²) in [6.45, 7) is 11.4. The van der Waals surface area contributed by atoms with Gasteiger partial charge in [-0.05, 0) is 25.5 Å². The summed E-state index contributed by atoms with van der Waals surface area (Å²) in [5.74, 6) is 0.897. The van der Waals surface area contributed by atoms with Crippen molar-refractivity contribution >= 4 is 0 Å². The maximum atomic E-state index is 5.78. The van der Waals surface area contributed by atoms with Crippen LogP contribution in [0.15, 0.2) is 54.8 Å². The van der Waals surface area contributed by atoms with Crippen molar-refractivity contribution in [3.8, 4) is 5.75 Å². The van der Waals surface area contributed by atoms with Crippen LogP contribution in [-0.2, 0) is 6.54 Å². The molecule has 0 amide bonds. The highest BCUT2D eigenvalue weighted by atomic mass is 16.5. The first-order valence-electron chi connectivity index (χ1n) is 6.28. The zero-order valence-electron chi connectivity index (χ0n) is 11.5. The van der Waals surface area contributed by atoms with E-state index >= 15 is 0 Å². The van der Waals surface area contributed by atoms with Crippen LogP contribution in [-0.4, -0.2) is 6.61 Å². The summed E-state index contributed by atoms with van der Waals surface area (Å²) in [4.78, 5) is 0. The Morgan fingerprint density at radius 1 is 1.44 bits per heavy atom. The first-order chi connectivity index (χ1) is 8.71. The molecule has 2 heteroatoms. The first kappa shape index (κ1) is 14.2. The molecule has 0 bridgehead atoms. The molecule has 96 valence electrons. The minimum Gasteiger partial charge on any atom is -0.483 e. The van der Waals surface area contributed by atoms with E-state index in [1.807, 2.05) is 37.4 Å². The lowest BCUT2D eigenvalue weighted by molar-refractivity contribution is -0.699. The Hall–Kier alpha value is -1.83. The number of hydrogen-bond donors (Lipinski definition) is 0. The van der Waals surface area contributed by atoms with Crippen LogP contribution in [0, 0.1) is 6.92 Å². The molecular weight excluding hydrogens is 222 g/mol. The predicted octanol–water partition coefficient (Wildman–Crippen LogP) is 3.37. The van der Waals surface area contributed by atoms with E-state index in [0.717, 1.165) is 17.9 Å². The summed E-state index contributed by atoms with van der Waals surface area (Å²) in [5.41, 5.74) is 2.38. The standard InChI is InChI=1S/C16H22NO/c1-5-8-9-15(6-2)13-18-16-11-10-14(4)17(7-3)12-16/h5-6,8-12H,1,7,13H2,2-4H3/q+1/b9-8-,15-6+. The van der Waals surface area contributed by atoms with Crippen LogP contribution in [0.3, 0.4) is 0 Å². The van der Waals surface area contributed by atoms with Gasteiger partial charge in [-0.25, -0.2) is 0 Å². The molecule has 0 saturated heterocycles. The molecule has 0 unspecified atom stereocenters. The monoisotopic (exact) mass is 244 g/mol. The molecule has 0 aliphatic heterocycles. The third-order valence-electron chi connectivity index (χ3n) is 2.79. The number of allylic oxidation sites excluding steroid dienone is 3. The number of aryl methyl sites for hydroxylation is 2. The van der Waals surface area contributed by atoms with Gasteiger partial charge in [0, 0.05) is 13.0 Å². The number of hydrogen-bond acceptors (Lipinski definition) is 1. The van der Waals surface area contributed by atoms with Gasteiger partial charge in [-0.3, -0.25) is 0 Å². The van der Waals surface area contributed by atoms with Crippen LogP contribution < -0.4 is 9.30 Å². The van der Waals surface area contributed by atoms with Gasteiger partial charge in [0.1, 0.15) is 13.2 Å². The molecule has 0 atom stereocenters. The van der Waals surface area contributed by atoms with Gasteiger partial charge in [0.05, 0.1) is 0 Å². The summed E-state index contributed by atoms with van der Waals surface area (Å²) in [6, 6.07) is 4.08.